The summed E-state index contributed by atoms with van der Waals surface area (Å²) >= 11 is 0. The van der Waals surface area contributed by atoms with Gasteiger partial charge in [0.1, 0.15) is 18.0 Å². The molecular formula is C26H40N6O4. The van der Waals surface area contributed by atoms with Crippen molar-refractivity contribution in [3.05, 3.63) is 23.5 Å². The van der Waals surface area contributed by atoms with Gasteiger partial charge in [0.05, 0.1) is 30.1 Å². The molecule has 3 heterocycles. The molecule has 0 aromatic carbocycles. The Kier molecular flexibility index (Phi) is 9.66. The van der Waals surface area contributed by atoms with Crippen molar-refractivity contribution in [3.8, 4) is 11.4 Å². The van der Waals surface area contributed by atoms with Crippen molar-refractivity contribution < 1.29 is 19.1 Å². The number of hydrogen-bond acceptors (Lipinski definition) is 8. The fourth-order valence-electron chi connectivity index (χ4n) is 4.82. The van der Waals surface area contributed by atoms with Crippen LogP contribution in [0, 0.1) is 11.8 Å². The highest BCUT2D eigenvalue weighted by molar-refractivity contribution is 5.72. The summed E-state index contributed by atoms with van der Waals surface area (Å²) in [6, 6.07) is 4.06. The molecular weight excluding hydrogens is 460 g/mol. The number of amides is 1. The van der Waals surface area contributed by atoms with Gasteiger partial charge in [-0.25, -0.2) is 14.5 Å². The van der Waals surface area contributed by atoms with E-state index >= 15 is 0 Å². The summed E-state index contributed by atoms with van der Waals surface area (Å²) in [5, 5.41) is 8.46. The number of carbonyl (C=O) groups excluding carboxylic acids is 2. The monoisotopic (exact) mass is 500 g/mol. The summed E-state index contributed by atoms with van der Waals surface area (Å²) in [7, 11) is 4.97. The number of nitrogens with zero attached hydrogens (tertiary/aromatic N) is 6. The summed E-state index contributed by atoms with van der Waals surface area (Å²) in [5.74, 6) is 0.293. The predicted octanol–water partition coefficient (Wildman–Crippen LogP) is 3.83. The van der Waals surface area contributed by atoms with Crippen LogP contribution in [0.15, 0.2) is 12.1 Å². The average Bonchev–Trinajstić information content (AvgIpc) is 3.51. The van der Waals surface area contributed by atoms with E-state index in [2.05, 4.69) is 28.2 Å². The van der Waals surface area contributed by atoms with Crippen molar-refractivity contribution >= 4 is 17.7 Å². The Balaban J connectivity index is 1.74. The van der Waals surface area contributed by atoms with Gasteiger partial charge in [0.25, 0.3) is 0 Å². The molecule has 0 bridgehead atoms. The van der Waals surface area contributed by atoms with Crippen LogP contribution in [0.2, 0.25) is 0 Å². The highest BCUT2D eigenvalue weighted by atomic mass is 16.6. The molecule has 0 N–H and O–H groups in total. The topological polar surface area (TPSA) is 103 Å². The number of esters is 1. The number of ether oxygens (including phenoxy) is 2. The van der Waals surface area contributed by atoms with E-state index in [-0.39, 0.29) is 24.6 Å². The quantitative estimate of drug-likeness (QED) is 0.429. The molecule has 36 heavy (non-hydrogen) atoms. The molecule has 10 heteroatoms. The average molecular weight is 501 g/mol. The Labute approximate surface area is 214 Å². The van der Waals surface area contributed by atoms with Gasteiger partial charge < -0.3 is 19.3 Å². The van der Waals surface area contributed by atoms with E-state index in [9.17, 15) is 9.59 Å². The summed E-state index contributed by atoms with van der Waals surface area (Å²) in [4.78, 5) is 33.2. The molecule has 3 rings (SSSR count). The Bertz CT molecular complexity index is 1040. The zero-order valence-corrected chi connectivity index (χ0v) is 22.5. The van der Waals surface area contributed by atoms with Crippen LogP contribution >= 0.6 is 0 Å². The van der Waals surface area contributed by atoms with Crippen LogP contribution in [0.4, 0.5) is 10.5 Å². The SMILES string of the molecule is CCCN(C)C(=O)OCc1c(-c2ccc(N3CC[C@@H](CC(CC)C(=O)OC)C3)c(CC)n2)nnn1C. The molecule has 1 aliphatic heterocycles. The van der Waals surface area contributed by atoms with Crippen molar-refractivity contribution in [1.29, 1.82) is 0 Å². The minimum Gasteiger partial charge on any atom is -0.469 e. The molecule has 1 fully saturated rings. The lowest BCUT2D eigenvalue weighted by molar-refractivity contribution is -0.146. The maximum atomic E-state index is 12.3. The normalized spacial score (nSPS) is 16.2. The van der Waals surface area contributed by atoms with Crippen molar-refractivity contribution in [2.24, 2.45) is 18.9 Å². The number of aryl methyl sites for hydroxylation is 2. The van der Waals surface area contributed by atoms with E-state index in [1.165, 1.54) is 7.11 Å². The third-order valence-corrected chi connectivity index (χ3v) is 6.95. The second-order valence-corrected chi connectivity index (χ2v) is 9.47. The number of anilines is 1. The first-order valence-corrected chi connectivity index (χ1v) is 12.9. The summed E-state index contributed by atoms with van der Waals surface area (Å²) in [6.45, 7) is 8.70. The number of carbonyl (C=O) groups is 2. The minimum atomic E-state index is -0.373. The summed E-state index contributed by atoms with van der Waals surface area (Å²) in [6.07, 6.45) is 3.96. The molecule has 1 aliphatic rings. The molecule has 0 radical (unpaired) electrons. The highest BCUT2D eigenvalue weighted by Crippen LogP contribution is 2.32. The number of hydrogen-bond donors (Lipinski definition) is 0. The molecule has 10 nitrogen and oxygen atoms in total. The lowest BCUT2D eigenvalue weighted by Crippen LogP contribution is -2.28. The van der Waals surface area contributed by atoms with E-state index < -0.39 is 0 Å². The Morgan fingerprint density at radius 1 is 1.25 bits per heavy atom. The number of aromatic nitrogens is 4. The molecule has 0 aliphatic carbocycles. The van der Waals surface area contributed by atoms with E-state index in [1.54, 1.807) is 23.7 Å². The molecule has 2 aromatic rings. The third kappa shape index (κ3) is 6.33. The van der Waals surface area contributed by atoms with E-state index in [0.29, 0.717) is 29.5 Å². The maximum Gasteiger partial charge on any atom is 0.409 e. The van der Waals surface area contributed by atoms with Gasteiger partial charge in [-0.3, -0.25) is 4.79 Å². The van der Waals surface area contributed by atoms with Crippen LogP contribution < -0.4 is 4.90 Å². The van der Waals surface area contributed by atoms with Crippen molar-refractivity contribution in [2.75, 3.05) is 38.7 Å². The van der Waals surface area contributed by atoms with Crippen LogP contribution in [0.5, 0.6) is 0 Å². The van der Waals surface area contributed by atoms with E-state index in [4.69, 9.17) is 14.5 Å². The number of methoxy groups -OCH3 is 1. The largest absolute Gasteiger partial charge is 0.469 e. The Morgan fingerprint density at radius 3 is 2.69 bits per heavy atom. The van der Waals surface area contributed by atoms with Gasteiger partial charge in [-0.05, 0) is 50.2 Å². The minimum absolute atomic E-state index is 0.0444. The van der Waals surface area contributed by atoms with E-state index in [0.717, 1.165) is 56.6 Å². The molecule has 1 unspecified atom stereocenters. The first kappa shape index (κ1) is 27.4. The smallest absolute Gasteiger partial charge is 0.409 e. The number of rotatable bonds is 11. The molecule has 0 saturated carbocycles. The lowest BCUT2D eigenvalue weighted by atomic mass is 9.92. The van der Waals surface area contributed by atoms with Gasteiger partial charge >= 0.3 is 12.1 Å². The van der Waals surface area contributed by atoms with Gasteiger partial charge in [-0.2, -0.15) is 0 Å². The van der Waals surface area contributed by atoms with Gasteiger partial charge in [0, 0.05) is 33.7 Å². The number of pyridine rings is 1. The van der Waals surface area contributed by atoms with Crippen LogP contribution in [-0.4, -0.2) is 70.7 Å². The Hall–Kier alpha value is -3.17. The van der Waals surface area contributed by atoms with Crippen molar-refractivity contribution in [1.82, 2.24) is 24.9 Å². The highest BCUT2D eigenvalue weighted by Gasteiger charge is 2.29. The van der Waals surface area contributed by atoms with Gasteiger partial charge in [-0.1, -0.05) is 26.0 Å². The molecule has 1 amide bonds. The first-order valence-electron chi connectivity index (χ1n) is 12.9. The summed E-state index contributed by atoms with van der Waals surface area (Å²) in [5.41, 5.74) is 4.14. The molecule has 198 valence electrons. The van der Waals surface area contributed by atoms with Crippen molar-refractivity contribution in [2.45, 2.75) is 59.5 Å². The predicted molar refractivity (Wildman–Crippen MR) is 137 cm³/mol. The zero-order valence-electron chi connectivity index (χ0n) is 22.5. The zero-order chi connectivity index (χ0) is 26.2. The standard InChI is InChI=1S/C26H40N6O4/c1-7-13-30(4)26(34)36-17-23-24(28-29-31(23)5)21-10-11-22(20(9-3)27-21)32-14-12-18(16-32)15-19(8-2)25(33)35-6/h10-11,18-19H,7-9,12-17H2,1-6H3/t18-,19?/m0/s1. The first-order chi connectivity index (χ1) is 17.3. The van der Waals surface area contributed by atoms with Gasteiger partial charge in [0.2, 0.25) is 0 Å². The van der Waals surface area contributed by atoms with Crippen LogP contribution in [0.25, 0.3) is 11.4 Å². The summed E-state index contributed by atoms with van der Waals surface area (Å²) < 4.78 is 12.1. The van der Waals surface area contributed by atoms with E-state index in [1.807, 2.05) is 19.9 Å². The lowest BCUT2D eigenvalue weighted by Gasteiger charge is -2.22. The van der Waals surface area contributed by atoms with Crippen molar-refractivity contribution in [3.63, 3.8) is 0 Å². The molecule has 2 atom stereocenters. The van der Waals surface area contributed by atoms with Crippen LogP contribution in [0.1, 0.15) is 57.8 Å². The molecule has 1 saturated heterocycles. The Morgan fingerprint density at radius 2 is 2.03 bits per heavy atom. The molecule has 2 aromatic heterocycles. The fraction of sp³-hybridized carbons (Fsp3) is 0.654. The van der Waals surface area contributed by atoms with Gasteiger partial charge in [0.15, 0.2) is 0 Å². The maximum absolute atomic E-state index is 12.3. The molecule has 0 spiro atoms. The van der Waals surface area contributed by atoms with Gasteiger partial charge in [-0.15, -0.1) is 5.10 Å². The van der Waals surface area contributed by atoms with Crippen LogP contribution in [-0.2, 0) is 34.3 Å². The fourth-order valence-corrected chi connectivity index (χ4v) is 4.82. The third-order valence-electron chi connectivity index (χ3n) is 6.95. The second-order valence-electron chi connectivity index (χ2n) is 9.47. The van der Waals surface area contributed by atoms with Crippen LogP contribution in [0.3, 0.4) is 0 Å². The second kappa shape index (κ2) is 12.7.